The topological polar surface area (TPSA) is 293 Å². The first-order chi connectivity index (χ1) is 30.2. The van der Waals surface area contributed by atoms with Gasteiger partial charge in [0.2, 0.25) is 6.19 Å². The first-order valence-electron chi connectivity index (χ1n) is 18.8. The molecule has 0 spiro atoms. The molecule has 4 N–H and O–H groups in total. The summed E-state index contributed by atoms with van der Waals surface area (Å²) in [6.45, 7) is 9.09. The molecule has 0 aromatic carbocycles. The number of guanidine groups is 1. The smallest absolute Gasteiger partial charge is 0.274 e. The fraction of sp³-hybridized carbons (Fsp3) is 0.457. The van der Waals surface area contributed by atoms with Gasteiger partial charge < -0.3 is 35.8 Å². The van der Waals surface area contributed by atoms with Gasteiger partial charge in [-0.15, -0.1) is 16.3 Å². The summed E-state index contributed by atoms with van der Waals surface area (Å²) in [5, 5.41) is 57.0. The largest absolute Gasteiger partial charge is 0.381 e. The predicted molar refractivity (Wildman–Crippen MR) is 244 cm³/mol. The van der Waals surface area contributed by atoms with E-state index >= 15 is 0 Å². The van der Waals surface area contributed by atoms with E-state index < -0.39 is 15.0 Å². The van der Waals surface area contributed by atoms with Crippen molar-refractivity contribution in [2.75, 3.05) is 52.7 Å². The van der Waals surface area contributed by atoms with E-state index in [0.717, 1.165) is 59.2 Å². The third-order valence-electron chi connectivity index (χ3n) is 8.07. The van der Waals surface area contributed by atoms with E-state index in [-0.39, 0.29) is 5.96 Å². The number of thiazole rings is 1. The number of nitrogens with one attached hydrogen (secondary N) is 4. The number of rotatable bonds is 15. The highest BCUT2D eigenvalue weighted by atomic mass is 35.5. The lowest BCUT2D eigenvalue weighted by molar-refractivity contribution is -0.485. The predicted octanol–water partition coefficient (Wildman–Crippen LogP) is 5.24. The van der Waals surface area contributed by atoms with Crippen molar-refractivity contribution in [2.24, 2.45) is 21.1 Å². The van der Waals surface area contributed by atoms with Crippen LogP contribution in [0.3, 0.4) is 0 Å². The van der Waals surface area contributed by atoms with Crippen molar-refractivity contribution in [1.29, 1.82) is 5.26 Å². The minimum atomic E-state index is -0.732. The number of aromatic nitrogens is 3. The lowest BCUT2D eigenvalue weighted by Crippen LogP contribution is -2.38. The lowest BCUT2D eigenvalue weighted by Gasteiger charge is -2.23. The van der Waals surface area contributed by atoms with E-state index in [0.29, 0.717) is 71.6 Å². The zero-order chi connectivity index (χ0) is 46.6. The molecule has 2 saturated heterocycles. The molecule has 63 heavy (non-hydrogen) atoms. The van der Waals surface area contributed by atoms with Gasteiger partial charge in [0.05, 0.1) is 23.2 Å². The first-order valence-corrected chi connectivity index (χ1v) is 21.7. The van der Waals surface area contributed by atoms with E-state index in [1.54, 1.807) is 63.5 Å². The van der Waals surface area contributed by atoms with Crippen LogP contribution in [-0.4, -0.2) is 109 Å². The third kappa shape index (κ3) is 22.8. The molecule has 28 heteroatoms. The van der Waals surface area contributed by atoms with Gasteiger partial charge in [-0.2, -0.15) is 5.26 Å². The second-order valence-electron chi connectivity index (χ2n) is 12.4. The summed E-state index contributed by atoms with van der Waals surface area (Å²) in [7, 11) is 3.23. The average Bonchev–Trinajstić information content (AvgIpc) is 4.05. The number of aliphatic imine (C=N–C) groups is 1. The van der Waals surface area contributed by atoms with Crippen molar-refractivity contribution in [1.82, 2.24) is 46.0 Å². The summed E-state index contributed by atoms with van der Waals surface area (Å²) >= 11 is 20.0. The fourth-order valence-electron chi connectivity index (χ4n) is 5.06. The molecule has 5 heterocycles. The Morgan fingerprint density at radius 3 is 2.17 bits per heavy atom. The Hall–Kier alpha value is -5.65. The quantitative estimate of drug-likeness (QED) is 0.0378. The van der Waals surface area contributed by atoms with Crippen LogP contribution in [0.2, 0.25) is 14.8 Å². The normalized spacial score (nSPS) is 15.3. The first kappa shape index (κ1) is 53.5. The number of nitrogens with zero attached hydrogens (tertiary/aromatic N) is 12. The standard InChI is InChI=1S/C11H15ClN4O2.C10H9ClN4S.C7H9ClN4O2S.C7H14N4O3/c1-3-15(11(13-2)8-16(17)18)7-9-4-5-10(12)14-6-9;11-9-2-1-8(5-13-9)6-15-3-4-16-10(15)14-7-12;1-2-6(11-12(13)14)9-3-5-4-10-7(8)15-5;1-8-7(10-11(12)13)9-4-6-2-3-14-5-6/h4-6,8,13H,3,7H2,1-2H3;1-2,5H,3-4,6H2;4H,2-3H2,1H3,(H,9,11);6H,2-5H2,1H3,(H2,8,9,10)/b11-8+;;;. The number of hydrazone groups is 2. The third-order valence-corrected chi connectivity index (χ3v) is 10.6. The summed E-state index contributed by atoms with van der Waals surface area (Å²) in [5.41, 5.74) is 2.00. The number of hydrogen-bond acceptors (Lipinski definition) is 16. The van der Waals surface area contributed by atoms with Crippen LogP contribution < -0.4 is 21.3 Å². The molecular weight excluding hydrogens is 927 g/mol. The Bertz CT molecular complexity index is 2050. The highest BCUT2D eigenvalue weighted by Crippen LogP contribution is 2.21. The second-order valence-corrected chi connectivity index (χ2v) is 16.0. The van der Waals surface area contributed by atoms with Crippen molar-refractivity contribution in [2.45, 2.75) is 46.3 Å². The van der Waals surface area contributed by atoms with Gasteiger partial charge in [-0.3, -0.25) is 10.1 Å². The Balaban J connectivity index is 0.000000290. The maximum atomic E-state index is 10.5. The molecule has 0 amide bonds. The molecule has 1 unspecified atom stereocenters. The second kappa shape index (κ2) is 30.4. The minimum Gasteiger partial charge on any atom is -0.381 e. The molecule has 0 saturated carbocycles. The molecule has 3 aromatic heterocycles. The zero-order valence-electron chi connectivity index (χ0n) is 34.6. The molecule has 3 aromatic rings. The Morgan fingerprint density at radius 1 is 1.00 bits per heavy atom. The lowest BCUT2D eigenvalue weighted by atomic mass is 10.1. The van der Waals surface area contributed by atoms with Crippen LogP contribution in [0.1, 0.15) is 42.7 Å². The average molecular weight is 974 g/mol. The summed E-state index contributed by atoms with van der Waals surface area (Å²) in [4.78, 5) is 50.7. The van der Waals surface area contributed by atoms with Gasteiger partial charge in [0.25, 0.3) is 12.2 Å². The maximum Gasteiger partial charge on any atom is 0.274 e. The molecule has 342 valence electrons. The molecule has 2 aliphatic heterocycles. The van der Waals surface area contributed by atoms with Crippen molar-refractivity contribution in [3.05, 3.63) is 116 Å². The number of halogens is 3. The molecule has 0 bridgehead atoms. The van der Waals surface area contributed by atoms with Crippen molar-refractivity contribution in [3.63, 3.8) is 0 Å². The summed E-state index contributed by atoms with van der Waals surface area (Å²) in [6, 6.07) is 7.24. The van der Waals surface area contributed by atoms with Gasteiger partial charge in [-0.05, 0) is 36.6 Å². The maximum absolute atomic E-state index is 10.5. The van der Waals surface area contributed by atoms with E-state index in [4.69, 9.17) is 44.8 Å². The van der Waals surface area contributed by atoms with Gasteiger partial charge >= 0.3 is 0 Å². The summed E-state index contributed by atoms with van der Waals surface area (Å²) < 4.78 is 5.62. The molecule has 0 radical (unpaired) electrons. The van der Waals surface area contributed by atoms with E-state index in [2.05, 4.69) is 56.3 Å². The molecule has 2 aliphatic rings. The van der Waals surface area contributed by atoms with E-state index in [1.807, 2.05) is 30.1 Å². The van der Waals surface area contributed by atoms with Crippen molar-refractivity contribution < 1.29 is 19.7 Å². The Morgan fingerprint density at radius 2 is 1.68 bits per heavy atom. The molecule has 23 nitrogen and oxygen atoms in total. The number of nitriles is 1. The van der Waals surface area contributed by atoms with Crippen molar-refractivity contribution >= 4 is 74.9 Å². The Labute approximate surface area is 386 Å². The highest BCUT2D eigenvalue weighted by molar-refractivity contribution is 8.14. The highest BCUT2D eigenvalue weighted by Gasteiger charge is 2.20. The van der Waals surface area contributed by atoms with Gasteiger partial charge in [0, 0.05) is 95.0 Å². The van der Waals surface area contributed by atoms with Crippen LogP contribution in [0.25, 0.3) is 0 Å². The number of pyridine rings is 2. The van der Waals surface area contributed by atoms with Crippen LogP contribution in [0.4, 0.5) is 0 Å². The summed E-state index contributed by atoms with van der Waals surface area (Å²) in [5.74, 6) is 2.37. The Kier molecular flexibility index (Phi) is 25.8. The van der Waals surface area contributed by atoms with E-state index in [1.165, 1.54) is 11.3 Å². The molecule has 2 fully saturated rings. The number of amidine groups is 2. The summed E-state index contributed by atoms with van der Waals surface area (Å²) in [6.07, 6.45) is 9.27. The number of nitro groups is 3. The van der Waals surface area contributed by atoms with Crippen molar-refractivity contribution in [3.8, 4) is 6.19 Å². The molecule has 5 rings (SSSR count). The van der Waals surface area contributed by atoms with Crippen LogP contribution >= 0.6 is 57.9 Å². The van der Waals surface area contributed by atoms with Gasteiger partial charge in [-0.25, -0.2) is 35.2 Å². The number of thioether (sulfide) groups is 1. The zero-order valence-corrected chi connectivity index (χ0v) is 38.5. The fourth-order valence-corrected chi connectivity index (χ4v) is 7.14. The monoisotopic (exact) mass is 972 g/mol. The van der Waals surface area contributed by atoms with Gasteiger partial charge in [0.1, 0.15) is 15.4 Å². The van der Waals surface area contributed by atoms with Crippen LogP contribution in [0, 0.1) is 47.7 Å². The molecule has 0 aliphatic carbocycles. The molecular formula is C35H47Cl3N16O7S2. The van der Waals surface area contributed by atoms with Crippen LogP contribution in [0.15, 0.2) is 70.1 Å². The SMILES string of the molecule is CC/C(=N\[N+](=O)[O-])NCc1cnc(Cl)s1.CCN(Cc1ccc(Cl)nc1)/C(=C/[N+](=O)[O-])NC.CN/C(=N\[N+](=O)[O-])NCC1CCOC1.N#CN=C1SCCN1Cc1ccc(Cl)nc1. The van der Waals surface area contributed by atoms with Crippen LogP contribution in [-0.2, 0) is 24.4 Å². The van der Waals surface area contributed by atoms with Gasteiger partial charge in [-0.1, -0.05) is 65.6 Å². The van der Waals surface area contributed by atoms with E-state index in [9.17, 15) is 30.3 Å². The van der Waals surface area contributed by atoms with Gasteiger partial charge in [0.15, 0.2) is 31.4 Å². The number of ether oxygens (including phenoxy) is 1. The molecule has 1 atom stereocenters. The number of hydrogen-bond donors (Lipinski definition) is 4. The van der Waals surface area contributed by atoms with Crippen LogP contribution in [0.5, 0.6) is 0 Å². The minimum absolute atomic E-state index is 0.182.